The van der Waals surface area contributed by atoms with E-state index < -0.39 is 0 Å². The lowest BCUT2D eigenvalue weighted by Gasteiger charge is -2.38. The molecular weight excluding hydrogens is 354 g/mol. The van der Waals surface area contributed by atoms with E-state index in [-0.39, 0.29) is 29.6 Å². The topological polar surface area (TPSA) is 71.0 Å². The van der Waals surface area contributed by atoms with Gasteiger partial charge in [0.1, 0.15) is 23.9 Å². The standard InChI is InChI=1S/C23H25NO4/c25-14-9-10-19(20(26)12-14)22-17-6-1-5-16(17)18-7-2-8-21(23(18)24-22)28-13-15-4-3-11-27-15/h1-2,5,7-10,12,15-17,22,24-26H,3-4,6,11,13H2. The number of hydrogen-bond donors (Lipinski definition) is 3. The molecule has 1 aliphatic carbocycles. The van der Waals surface area contributed by atoms with Gasteiger partial charge in [-0.3, -0.25) is 0 Å². The molecule has 2 heterocycles. The maximum absolute atomic E-state index is 10.5. The van der Waals surface area contributed by atoms with E-state index in [1.165, 1.54) is 11.6 Å². The van der Waals surface area contributed by atoms with Gasteiger partial charge in [-0.15, -0.1) is 0 Å². The van der Waals surface area contributed by atoms with E-state index in [4.69, 9.17) is 9.47 Å². The van der Waals surface area contributed by atoms with E-state index >= 15 is 0 Å². The van der Waals surface area contributed by atoms with Crippen LogP contribution >= 0.6 is 0 Å². The monoisotopic (exact) mass is 379 g/mol. The third-order valence-corrected chi connectivity index (χ3v) is 6.16. The van der Waals surface area contributed by atoms with Crippen molar-refractivity contribution in [2.45, 2.75) is 37.3 Å². The molecule has 5 heteroatoms. The molecule has 3 aliphatic rings. The van der Waals surface area contributed by atoms with Gasteiger partial charge in [-0.1, -0.05) is 24.3 Å². The zero-order chi connectivity index (χ0) is 19.1. The van der Waals surface area contributed by atoms with E-state index in [9.17, 15) is 10.2 Å². The van der Waals surface area contributed by atoms with E-state index in [1.54, 1.807) is 12.1 Å². The predicted octanol–water partition coefficient (Wildman–Crippen LogP) is 4.48. The van der Waals surface area contributed by atoms with Gasteiger partial charge in [0, 0.05) is 24.2 Å². The van der Waals surface area contributed by atoms with Crippen LogP contribution in [0.2, 0.25) is 0 Å². The minimum atomic E-state index is -0.0550. The van der Waals surface area contributed by atoms with E-state index in [1.807, 2.05) is 12.1 Å². The molecule has 5 rings (SSSR count). The first-order chi connectivity index (χ1) is 13.7. The molecule has 0 aromatic heterocycles. The number of phenolic OH excluding ortho intramolecular Hbond substituents is 2. The van der Waals surface area contributed by atoms with Crippen LogP contribution in [0.4, 0.5) is 5.69 Å². The van der Waals surface area contributed by atoms with Gasteiger partial charge in [0.15, 0.2) is 0 Å². The number of phenols is 2. The molecule has 146 valence electrons. The number of hydrogen-bond acceptors (Lipinski definition) is 5. The molecule has 2 aromatic carbocycles. The van der Waals surface area contributed by atoms with Gasteiger partial charge in [-0.2, -0.15) is 0 Å². The Hall–Kier alpha value is -2.66. The molecule has 0 spiro atoms. The lowest BCUT2D eigenvalue weighted by atomic mass is 9.76. The Labute approximate surface area is 164 Å². The highest BCUT2D eigenvalue weighted by Gasteiger charge is 2.40. The van der Waals surface area contributed by atoms with Crippen LogP contribution in [0, 0.1) is 5.92 Å². The zero-order valence-electron chi connectivity index (χ0n) is 15.7. The molecule has 5 nitrogen and oxygen atoms in total. The molecule has 4 atom stereocenters. The van der Waals surface area contributed by atoms with Crippen molar-refractivity contribution in [1.82, 2.24) is 0 Å². The van der Waals surface area contributed by atoms with Gasteiger partial charge in [0.25, 0.3) is 0 Å². The third kappa shape index (κ3) is 3.00. The fraction of sp³-hybridized carbons (Fsp3) is 0.391. The second-order valence-electron chi connectivity index (χ2n) is 7.89. The Morgan fingerprint density at radius 1 is 1.14 bits per heavy atom. The minimum absolute atomic E-state index is 0.0550. The summed E-state index contributed by atoms with van der Waals surface area (Å²) in [5.41, 5.74) is 3.03. The van der Waals surface area contributed by atoms with Crippen molar-refractivity contribution in [2.24, 2.45) is 5.92 Å². The summed E-state index contributed by atoms with van der Waals surface area (Å²) in [7, 11) is 0. The van der Waals surface area contributed by atoms with Crippen molar-refractivity contribution in [3.05, 3.63) is 59.7 Å². The normalized spacial score (nSPS) is 27.9. The number of allylic oxidation sites excluding steroid dienone is 2. The molecular formula is C23H25NO4. The molecule has 3 N–H and O–H groups in total. The molecule has 0 radical (unpaired) electrons. The van der Waals surface area contributed by atoms with Crippen molar-refractivity contribution < 1.29 is 19.7 Å². The van der Waals surface area contributed by atoms with Gasteiger partial charge in [0.2, 0.25) is 0 Å². The maximum Gasteiger partial charge on any atom is 0.142 e. The van der Waals surface area contributed by atoms with Crippen LogP contribution in [-0.2, 0) is 4.74 Å². The molecule has 4 unspecified atom stereocenters. The van der Waals surface area contributed by atoms with Crippen LogP contribution in [0.15, 0.2) is 48.6 Å². The number of nitrogens with one attached hydrogen (secondary N) is 1. The summed E-state index contributed by atoms with van der Waals surface area (Å²) >= 11 is 0. The summed E-state index contributed by atoms with van der Waals surface area (Å²) in [6.45, 7) is 1.37. The van der Waals surface area contributed by atoms with Crippen molar-refractivity contribution in [1.29, 1.82) is 0 Å². The number of para-hydroxylation sites is 1. The highest BCUT2D eigenvalue weighted by atomic mass is 16.5. The molecule has 0 saturated carbocycles. The number of anilines is 1. The van der Waals surface area contributed by atoms with E-state index in [0.717, 1.165) is 42.9 Å². The zero-order valence-corrected chi connectivity index (χ0v) is 15.7. The largest absolute Gasteiger partial charge is 0.508 e. The molecule has 28 heavy (non-hydrogen) atoms. The Kier molecular flexibility index (Phi) is 4.40. The Morgan fingerprint density at radius 2 is 2.07 bits per heavy atom. The summed E-state index contributed by atoms with van der Waals surface area (Å²) in [6.07, 6.45) is 7.73. The summed E-state index contributed by atoms with van der Waals surface area (Å²) in [5.74, 6) is 1.61. The minimum Gasteiger partial charge on any atom is -0.508 e. The smallest absolute Gasteiger partial charge is 0.142 e. The van der Waals surface area contributed by atoms with Crippen LogP contribution < -0.4 is 10.1 Å². The Bertz CT molecular complexity index is 903. The fourth-order valence-corrected chi connectivity index (χ4v) is 4.77. The number of aromatic hydroxyl groups is 2. The lowest BCUT2D eigenvalue weighted by molar-refractivity contribution is 0.0681. The summed E-state index contributed by atoms with van der Waals surface area (Å²) in [4.78, 5) is 0. The first kappa shape index (κ1) is 17.4. The average Bonchev–Trinajstić information content (AvgIpc) is 3.38. The van der Waals surface area contributed by atoms with Crippen molar-refractivity contribution in [2.75, 3.05) is 18.5 Å². The number of rotatable bonds is 4. The fourth-order valence-electron chi connectivity index (χ4n) is 4.77. The van der Waals surface area contributed by atoms with Crippen LogP contribution in [0.1, 0.15) is 42.3 Å². The highest BCUT2D eigenvalue weighted by molar-refractivity contribution is 5.68. The number of ether oxygens (including phenoxy) is 2. The average molecular weight is 379 g/mol. The summed E-state index contributed by atoms with van der Waals surface area (Å²) in [5, 5.41) is 23.8. The SMILES string of the molecule is Oc1ccc(C2Nc3c(OCC4CCCO4)cccc3C3C=CCC32)c(O)c1. The molecule has 1 saturated heterocycles. The second kappa shape index (κ2) is 7.06. The van der Waals surface area contributed by atoms with Crippen LogP contribution in [0.5, 0.6) is 17.2 Å². The van der Waals surface area contributed by atoms with Crippen molar-refractivity contribution in [3.63, 3.8) is 0 Å². The van der Waals surface area contributed by atoms with Gasteiger partial charge < -0.3 is 25.0 Å². The molecule has 1 fully saturated rings. The van der Waals surface area contributed by atoms with Gasteiger partial charge in [0.05, 0.1) is 17.8 Å². The number of fused-ring (bicyclic) bond motifs is 3. The van der Waals surface area contributed by atoms with Gasteiger partial charge >= 0.3 is 0 Å². The second-order valence-corrected chi connectivity index (χ2v) is 7.89. The first-order valence-electron chi connectivity index (χ1n) is 10.0. The predicted molar refractivity (Wildman–Crippen MR) is 107 cm³/mol. The van der Waals surface area contributed by atoms with Crippen LogP contribution in [-0.4, -0.2) is 29.5 Å². The maximum atomic E-state index is 10.5. The number of benzene rings is 2. The molecule has 2 aliphatic heterocycles. The van der Waals surface area contributed by atoms with Gasteiger partial charge in [-0.25, -0.2) is 0 Å². The molecule has 0 amide bonds. The molecule has 0 bridgehead atoms. The van der Waals surface area contributed by atoms with Crippen molar-refractivity contribution in [3.8, 4) is 17.2 Å². The molecule has 2 aromatic rings. The summed E-state index contributed by atoms with van der Waals surface area (Å²) in [6, 6.07) is 11.0. The Morgan fingerprint density at radius 3 is 2.89 bits per heavy atom. The summed E-state index contributed by atoms with van der Waals surface area (Å²) < 4.78 is 11.8. The van der Waals surface area contributed by atoms with Crippen molar-refractivity contribution >= 4 is 5.69 Å². The highest BCUT2D eigenvalue weighted by Crippen LogP contribution is 2.53. The first-order valence-corrected chi connectivity index (χ1v) is 10.0. The van der Waals surface area contributed by atoms with Crippen LogP contribution in [0.25, 0.3) is 0 Å². The third-order valence-electron chi connectivity index (χ3n) is 6.16. The lowest BCUT2D eigenvalue weighted by Crippen LogP contribution is -2.29. The Balaban J connectivity index is 1.49. The van der Waals surface area contributed by atoms with E-state index in [0.29, 0.717) is 12.5 Å². The quantitative estimate of drug-likeness (QED) is 0.683. The van der Waals surface area contributed by atoms with Gasteiger partial charge in [-0.05, 0) is 48.9 Å². The van der Waals surface area contributed by atoms with Crippen LogP contribution in [0.3, 0.4) is 0 Å². The van der Waals surface area contributed by atoms with E-state index in [2.05, 4.69) is 23.5 Å².